The highest BCUT2D eigenvalue weighted by molar-refractivity contribution is 5.92. The number of alkyl halides is 3. The fourth-order valence-corrected chi connectivity index (χ4v) is 2.64. The Morgan fingerprint density at radius 3 is 2.57 bits per heavy atom. The lowest BCUT2D eigenvalue weighted by Gasteiger charge is -2.06. The van der Waals surface area contributed by atoms with E-state index in [2.05, 4.69) is 10.3 Å². The van der Waals surface area contributed by atoms with Gasteiger partial charge in [0.15, 0.2) is 17.2 Å². The van der Waals surface area contributed by atoms with E-state index in [1.807, 2.05) is 0 Å². The molecule has 1 aromatic heterocycles. The third-order valence-electron chi connectivity index (χ3n) is 4.09. The van der Waals surface area contributed by atoms with E-state index in [0.717, 1.165) is 24.0 Å². The average Bonchev–Trinajstić information content (AvgIpc) is 3.34. The molecule has 4 rings (SSSR count). The van der Waals surface area contributed by atoms with E-state index in [0.29, 0.717) is 17.1 Å². The molecule has 1 amide bonds. The van der Waals surface area contributed by atoms with Crippen LogP contribution in [0.2, 0.25) is 0 Å². The first-order chi connectivity index (χ1) is 13.4. The largest absolute Gasteiger partial charge is 0.454 e. The van der Waals surface area contributed by atoms with Gasteiger partial charge in [0.1, 0.15) is 6.26 Å². The van der Waals surface area contributed by atoms with E-state index in [1.165, 1.54) is 12.1 Å². The van der Waals surface area contributed by atoms with Crippen molar-refractivity contribution in [2.45, 2.75) is 12.7 Å². The first-order valence-corrected chi connectivity index (χ1v) is 8.20. The highest BCUT2D eigenvalue weighted by atomic mass is 19.4. The summed E-state index contributed by atoms with van der Waals surface area (Å²) in [4.78, 5) is 16.3. The maximum absolute atomic E-state index is 12.6. The highest BCUT2D eigenvalue weighted by Gasteiger charge is 2.30. The third-order valence-corrected chi connectivity index (χ3v) is 4.09. The summed E-state index contributed by atoms with van der Waals surface area (Å²) in [6, 6.07) is 9.65. The van der Waals surface area contributed by atoms with Crippen molar-refractivity contribution in [3.8, 4) is 23.0 Å². The van der Waals surface area contributed by atoms with Gasteiger partial charge in [-0.2, -0.15) is 13.2 Å². The fraction of sp³-hybridized carbons (Fsp3) is 0.158. The van der Waals surface area contributed by atoms with Gasteiger partial charge >= 0.3 is 6.18 Å². The van der Waals surface area contributed by atoms with Crippen LogP contribution in [0.15, 0.2) is 53.1 Å². The van der Waals surface area contributed by atoms with Gasteiger partial charge in [0.2, 0.25) is 12.7 Å². The molecule has 0 radical (unpaired) electrons. The van der Waals surface area contributed by atoms with Crippen LogP contribution in [0.25, 0.3) is 11.5 Å². The van der Waals surface area contributed by atoms with E-state index in [1.54, 1.807) is 18.2 Å². The molecule has 2 aromatic carbocycles. The summed E-state index contributed by atoms with van der Waals surface area (Å²) in [6.07, 6.45) is -3.27. The summed E-state index contributed by atoms with van der Waals surface area (Å²) >= 11 is 0. The molecule has 0 fully saturated rings. The predicted octanol–water partition coefficient (Wildman–Crippen LogP) is 4.02. The number of carbonyl (C=O) groups is 1. The van der Waals surface area contributed by atoms with Gasteiger partial charge in [-0.25, -0.2) is 4.98 Å². The summed E-state index contributed by atoms with van der Waals surface area (Å²) in [5.74, 6) is 0.840. The number of fused-ring (bicyclic) bond motifs is 1. The van der Waals surface area contributed by atoms with E-state index in [-0.39, 0.29) is 24.9 Å². The molecule has 144 valence electrons. The molecule has 0 saturated carbocycles. The van der Waals surface area contributed by atoms with E-state index < -0.39 is 17.6 Å². The van der Waals surface area contributed by atoms with Crippen LogP contribution in [0.3, 0.4) is 0 Å². The SMILES string of the molecule is O=C(NCc1ccc2c(c1)OCO2)c1coc(-c2ccc(C(F)(F)F)cc2)n1. The summed E-state index contributed by atoms with van der Waals surface area (Å²) < 4.78 is 53.6. The lowest BCUT2D eigenvalue weighted by Crippen LogP contribution is -2.23. The lowest BCUT2D eigenvalue weighted by molar-refractivity contribution is -0.137. The zero-order valence-corrected chi connectivity index (χ0v) is 14.2. The standard InChI is InChI=1S/C19H13F3N2O4/c20-19(21,22)13-4-2-12(3-5-13)18-24-14(9-26-18)17(25)23-8-11-1-6-15-16(7-11)28-10-27-15/h1-7,9H,8,10H2,(H,23,25). The minimum Gasteiger partial charge on any atom is -0.454 e. The van der Waals surface area contributed by atoms with Crippen LogP contribution >= 0.6 is 0 Å². The maximum Gasteiger partial charge on any atom is 0.416 e. The average molecular weight is 390 g/mol. The number of hydrogen-bond donors (Lipinski definition) is 1. The molecular formula is C19H13F3N2O4. The Morgan fingerprint density at radius 2 is 1.82 bits per heavy atom. The molecular weight excluding hydrogens is 377 g/mol. The van der Waals surface area contributed by atoms with Crippen LogP contribution in [0.5, 0.6) is 11.5 Å². The molecule has 0 spiro atoms. The second-order valence-electron chi connectivity index (χ2n) is 5.98. The Morgan fingerprint density at radius 1 is 1.07 bits per heavy atom. The van der Waals surface area contributed by atoms with Gasteiger partial charge in [-0.3, -0.25) is 4.79 Å². The number of ether oxygens (including phenoxy) is 2. The second kappa shape index (κ2) is 6.91. The van der Waals surface area contributed by atoms with Crippen LogP contribution in [-0.2, 0) is 12.7 Å². The number of nitrogens with one attached hydrogen (secondary N) is 1. The highest BCUT2D eigenvalue weighted by Crippen LogP contribution is 2.32. The van der Waals surface area contributed by atoms with Crippen LogP contribution in [0.4, 0.5) is 13.2 Å². The van der Waals surface area contributed by atoms with E-state index in [9.17, 15) is 18.0 Å². The molecule has 0 saturated heterocycles. The summed E-state index contributed by atoms with van der Waals surface area (Å²) in [5, 5.41) is 2.69. The van der Waals surface area contributed by atoms with E-state index in [4.69, 9.17) is 13.9 Å². The Kier molecular flexibility index (Phi) is 4.42. The number of benzene rings is 2. The van der Waals surface area contributed by atoms with Crippen molar-refractivity contribution in [2.24, 2.45) is 0 Å². The summed E-state index contributed by atoms with van der Waals surface area (Å²) in [6.45, 7) is 0.398. The van der Waals surface area contributed by atoms with Gasteiger partial charge < -0.3 is 19.2 Å². The molecule has 0 unspecified atom stereocenters. The van der Waals surface area contributed by atoms with E-state index >= 15 is 0 Å². The first kappa shape index (κ1) is 17.9. The number of rotatable bonds is 4. The number of carbonyl (C=O) groups excluding carboxylic acids is 1. The molecule has 28 heavy (non-hydrogen) atoms. The normalized spacial score (nSPS) is 12.8. The van der Waals surface area contributed by atoms with Crippen LogP contribution in [0, 0.1) is 0 Å². The Balaban J connectivity index is 1.41. The second-order valence-corrected chi connectivity index (χ2v) is 5.98. The molecule has 1 aliphatic rings. The van der Waals surface area contributed by atoms with Gasteiger partial charge in [0.05, 0.1) is 5.56 Å². The van der Waals surface area contributed by atoms with Gasteiger partial charge in [0, 0.05) is 12.1 Å². The molecule has 0 bridgehead atoms. The Hall–Kier alpha value is -3.49. The smallest absolute Gasteiger partial charge is 0.416 e. The number of halogens is 3. The Bertz CT molecular complexity index is 1010. The molecule has 9 heteroatoms. The van der Waals surface area contributed by atoms with Crippen molar-refractivity contribution in [2.75, 3.05) is 6.79 Å². The monoisotopic (exact) mass is 390 g/mol. The predicted molar refractivity (Wildman–Crippen MR) is 90.7 cm³/mol. The fourth-order valence-electron chi connectivity index (χ4n) is 2.64. The molecule has 0 atom stereocenters. The summed E-state index contributed by atoms with van der Waals surface area (Å²) in [5.41, 5.74) is 0.395. The van der Waals surface area contributed by atoms with Crippen LogP contribution in [-0.4, -0.2) is 17.7 Å². The zero-order chi connectivity index (χ0) is 19.7. The number of amides is 1. The van der Waals surface area contributed by atoms with Gasteiger partial charge in [0.25, 0.3) is 5.91 Å². The molecule has 0 aliphatic carbocycles. The Labute approximate surface area is 156 Å². The van der Waals surface area contributed by atoms with Crippen molar-refractivity contribution in [3.63, 3.8) is 0 Å². The topological polar surface area (TPSA) is 73.6 Å². The zero-order valence-electron chi connectivity index (χ0n) is 14.2. The van der Waals surface area contributed by atoms with Gasteiger partial charge in [-0.05, 0) is 42.0 Å². The van der Waals surface area contributed by atoms with Gasteiger partial charge in [-0.15, -0.1) is 0 Å². The van der Waals surface area contributed by atoms with Crippen molar-refractivity contribution >= 4 is 5.91 Å². The van der Waals surface area contributed by atoms with Crippen LogP contribution < -0.4 is 14.8 Å². The quantitative estimate of drug-likeness (QED) is 0.729. The van der Waals surface area contributed by atoms with Crippen molar-refractivity contribution in [1.82, 2.24) is 10.3 Å². The minimum absolute atomic E-state index is 0.0237. The minimum atomic E-state index is -4.42. The molecule has 1 aliphatic heterocycles. The number of oxazole rings is 1. The van der Waals surface area contributed by atoms with Crippen LogP contribution in [0.1, 0.15) is 21.6 Å². The van der Waals surface area contributed by atoms with Crippen molar-refractivity contribution in [1.29, 1.82) is 0 Å². The van der Waals surface area contributed by atoms with Crippen molar-refractivity contribution < 1.29 is 31.9 Å². The summed E-state index contributed by atoms with van der Waals surface area (Å²) in [7, 11) is 0. The number of nitrogens with zero attached hydrogens (tertiary/aromatic N) is 1. The third kappa shape index (κ3) is 3.64. The molecule has 3 aromatic rings. The van der Waals surface area contributed by atoms with Gasteiger partial charge in [-0.1, -0.05) is 6.07 Å². The molecule has 2 heterocycles. The number of aromatic nitrogens is 1. The first-order valence-electron chi connectivity index (χ1n) is 8.20. The maximum atomic E-state index is 12.6. The number of hydrogen-bond acceptors (Lipinski definition) is 5. The molecule has 6 nitrogen and oxygen atoms in total. The molecule has 1 N–H and O–H groups in total. The van der Waals surface area contributed by atoms with Crippen molar-refractivity contribution in [3.05, 3.63) is 65.5 Å². The lowest BCUT2D eigenvalue weighted by atomic mass is 10.1.